The molecule has 0 aliphatic heterocycles. The highest BCUT2D eigenvalue weighted by Gasteiger charge is 2.20. The quantitative estimate of drug-likeness (QED) is 0.701. The minimum atomic E-state index is -3.47. The van der Waals surface area contributed by atoms with Gasteiger partial charge in [0.05, 0.1) is 18.6 Å². The fourth-order valence-electron chi connectivity index (χ4n) is 3.29. The molecule has 0 saturated heterocycles. The van der Waals surface area contributed by atoms with Gasteiger partial charge in [-0.2, -0.15) is 0 Å². The molecule has 1 aromatic carbocycles. The highest BCUT2D eigenvalue weighted by molar-refractivity contribution is 7.92. The first-order valence-electron chi connectivity index (χ1n) is 9.40. The Morgan fingerprint density at radius 3 is 2.31 bits per heavy atom. The van der Waals surface area contributed by atoms with Crippen molar-refractivity contribution in [3.63, 3.8) is 0 Å². The zero-order chi connectivity index (χ0) is 19.0. The van der Waals surface area contributed by atoms with Crippen LogP contribution in [0.25, 0.3) is 0 Å². The second-order valence-corrected chi connectivity index (χ2v) is 8.67. The maximum Gasteiger partial charge on any atom is 0.232 e. The van der Waals surface area contributed by atoms with Gasteiger partial charge >= 0.3 is 0 Å². The molecule has 0 spiro atoms. The number of carbonyl (C=O) groups excluding carboxylic acids is 1. The summed E-state index contributed by atoms with van der Waals surface area (Å²) in [5, 5.41) is 3.06. The van der Waals surface area contributed by atoms with Crippen LogP contribution in [0, 0.1) is 0 Å². The molecule has 1 aliphatic rings. The smallest absolute Gasteiger partial charge is 0.232 e. The average molecular weight is 383 g/mol. The van der Waals surface area contributed by atoms with E-state index in [9.17, 15) is 13.2 Å². The highest BCUT2D eigenvalue weighted by Crippen LogP contribution is 2.22. The van der Waals surface area contributed by atoms with Crippen molar-refractivity contribution in [1.29, 1.82) is 0 Å². The van der Waals surface area contributed by atoms with Crippen LogP contribution in [0.2, 0.25) is 0 Å². The summed E-state index contributed by atoms with van der Waals surface area (Å²) in [7, 11) is -3.47. The van der Waals surface area contributed by atoms with Gasteiger partial charge in [0.15, 0.2) is 0 Å². The molecule has 0 heterocycles. The van der Waals surface area contributed by atoms with E-state index in [4.69, 9.17) is 4.74 Å². The van der Waals surface area contributed by atoms with Gasteiger partial charge in [0.1, 0.15) is 5.75 Å². The van der Waals surface area contributed by atoms with Crippen LogP contribution in [0.5, 0.6) is 5.75 Å². The Balaban J connectivity index is 1.96. The van der Waals surface area contributed by atoms with E-state index in [1.807, 2.05) is 6.92 Å². The van der Waals surface area contributed by atoms with Gasteiger partial charge in [-0.05, 0) is 44.0 Å². The lowest BCUT2D eigenvalue weighted by Crippen LogP contribution is -2.38. The fraction of sp³-hybridized carbons (Fsp3) is 0.632. The molecule has 0 bridgehead atoms. The number of rotatable bonds is 8. The number of amides is 1. The summed E-state index contributed by atoms with van der Waals surface area (Å²) in [4.78, 5) is 12.3. The van der Waals surface area contributed by atoms with Gasteiger partial charge in [-0.3, -0.25) is 9.10 Å². The third-order valence-corrected chi connectivity index (χ3v) is 5.79. The van der Waals surface area contributed by atoms with E-state index >= 15 is 0 Å². The van der Waals surface area contributed by atoms with E-state index in [1.165, 1.54) is 17.1 Å². The molecule has 1 saturated carbocycles. The van der Waals surface area contributed by atoms with Crippen LogP contribution in [0.1, 0.15) is 51.9 Å². The third-order valence-electron chi connectivity index (χ3n) is 4.60. The monoisotopic (exact) mass is 382 g/mol. The number of hydrogen-bond acceptors (Lipinski definition) is 4. The minimum absolute atomic E-state index is 0.0866. The summed E-state index contributed by atoms with van der Waals surface area (Å²) in [6.07, 6.45) is 8.08. The summed E-state index contributed by atoms with van der Waals surface area (Å²) in [5.74, 6) is 0.604. The molecule has 1 fully saturated rings. The maximum absolute atomic E-state index is 12.3. The summed E-state index contributed by atoms with van der Waals surface area (Å²) < 4.78 is 31.0. The number of hydrogen-bond donors (Lipinski definition) is 1. The lowest BCUT2D eigenvalue weighted by Gasteiger charge is -2.23. The van der Waals surface area contributed by atoms with Crippen molar-refractivity contribution >= 4 is 21.6 Å². The number of carbonyl (C=O) groups is 1. The van der Waals surface area contributed by atoms with Crippen molar-refractivity contribution in [3.8, 4) is 5.75 Å². The molecule has 0 aromatic heterocycles. The van der Waals surface area contributed by atoms with Gasteiger partial charge in [-0.1, -0.05) is 25.7 Å². The Morgan fingerprint density at radius 1 is 1.15 bits per heavy atom. The number of nitrogens with one attached hydrogen (secondary N) is 1. The van der Waals surface area contributed by atoms with Crippen LogP contribution in [0.4, 0.5) is 5.69 Å². The van der Waals surface area contributed by atoms with Crippen molar-refractivity contribution < 1.29 is 17.9 Å². The lowest BCUT2D eigenvalue weighted by molar-refractivity contribution is -0.121. The van der Waals surface area contributed by atoms with Crippen LogP contribution in [0.3, 0.4) is 0 Å². The summed E-state index contributed by atoms with van der Waals surface area (Å²) in [6, 6.07) is 7.11. The van der Waals surface area contributed by atoms with Gasteiger partial charge in [0, 0.05) is 19.0 Å². The Hall–Kier alpha value is -1.76. The maximum atomic E-state index is 12.3. The van der Waals surface area contributed by atoms with E-state index in [2.05, 4.69) is 5.32 Å². The van der Waals surface area contributed by atoms with Gasteiger partial charge in [0.25, 0.3) is 0 Å². The lowest BCUT2D eigenvalue weighted by atomic mass is 10.1. The zero-order valence-corrected chi connectivity index (χ0v) is 16.6. The Labute approximate surface area is 157 Å². The molecule has 0 unspecified atom stereocenters. The summed E-state index contributed by atoms with van der Waals surface area (Å²) in [5.41, 5.74) is 0.540. The highest BCUT2D eigenvalue weighted by atomic mass is 32.2. The van der Waals surface area contributed by atoms with Crippen LogP contribution in [-0.2, 0) is 14.8 Å². The molecule has 7 heteroatoms. The molecule has 1 aliphatic carbocycles. The molecule has 6 nitrogen and oxygen atoms in total. The van der Waals surface area contributed by atoms with Crippen molar-refractivity contribution in [2.75, 3.05) is 23.7 Å². The normalized spacial score (nSPS) is 15.9. The Kier molecular flexibility index (Phi) is 7.75. The van der Waals surface area contributed by atoms with Gasteiger partial charge in [-0.25, -0.2) is 8.42 Å². The third kappa shape index (κ3) is 6.52. The van der Waals surface area contributed by atoms with Crippen molar-refractivity contribution in [3.05, 3.63) is 24.3 Å². The van der Waals surface area contributed by atoms with Crippen LogP contribution in [-0.4, -0.2) is 39.8 Å². The molecular formula is C19H30N2O4S. The fourth-order valence-corrected chi connectivity index (χ4v) is 4.22. The summed E-state index contributed by atoms with van der Waals surface area (Å²) in [6.45, 7) is 2.57. The molecule has 1 N–H and O–H groups in total. The molecule has 1 amide bonds. The molecule has 2 rings (SSSR count). The molecule has 0 radical (unpaired) electrons. The molecule has 146 valence electrons. The predicted molar refractivity (Wildman–Crippen MR) is 104 cm³/mol. The number of sulfonamides is 1. The average Bonchev–Trinajstić information content (AvgIpc) is 2.84. The second-order valence-electron chi connectivity index (χ2n) is 6.77. The van der Waals surface area contributed by atoms with E-state index in [-0.39, 0.29) is 24.9 Å². The Morgan fingerprint density at radius 2 is 1.77 bits per heavy atom. The van der Waals surface area contributed by atoms with Crippen molar-refractivity contribution in [1.82, 2.24) is 5.32 Å². The molecule has 26 heavy (non-hydrogen) atoms. The SMILES string of the molecule is CCOc1ccc(N(CCC(=O)NC2CCCCCC2)S(C)(=O)=O)cc1. The van der Waals surface area contributed by atoms with E-state index in [0.29, 0.717) is 18.0 Å². The van der Waals surface area contributed by atoms with Crippen LogP contribution >= 0.6 is 0 Å². The van der Waals surface area contributed by atoms with Crippen molar-refractivity contribution in [2.45, 2.75) is 57.9 Å². The van der Waals surface area contributed by atoms with E-state index in [1.54, 1.807) is 24.3 Å². The first-order chi connectivity index (χ1) is 12.4. The zero-order valence-electron chi connectivity index (χ0n) is 15.7. The second kappa shape index (κ2) is 9.80. The van der Waals surface area contributed by atoms with Gasteiger partial charge < -0.3 is 10.1 Å². The van der Waals surface area contributed by atoms with Crippen LogP contribution < -0.4 is 14.4 Å². The topological polar surface area (TPSA) is 75.7 Å². The largest absolute Gasteiger partial charge is 0.494 e. The molecule has 0 atom stereocenters. The standard InChI is InChI=1S/C19H30N2O4S/c1-3-25-18-12-10-17(11-13-18)21(26(2,23)24)15-14-19(22)20-16-8-6-4-5-7-9-16/h10-13,16H,3-9,14-15H2,1-2H3,(H,20,22). The number of ether oxygens (including phenoxy) is 1. The minimum Gasteiger partial charge on any atom is -0.494 e. The first-order valence-corrected chi connectivity index (χ1v) is 11.2. The molecular weight excluding hydrogens is 352 g/mol. The summed E-state index contributed by atoms with van der Waals surface area (Å²) >= 11 is 0. The van der Waals surface area contributed by atoms with E-state index < -0.39 is 10.0 Å². The van der Waals surface area contributed by atoms with Crippen LogP contribution in [0.15, 0.2) is 24.3 Å². The van der Waals surface area contributed by atoms with E-state index in [0.717, 1.165) is 31.9 Å². The number of benzene rings is 1. The first kappa shape index (κ1) is 20.6. The van der Waals surface area contributed by atoms with Gasteiger partial charge in [-0.15, -0.1) is 0 Å². The number of nitrogens with zero attached hydrogens (tertiary/aromatic N) is 1. The number of anilines is 1. The predicted octanol–water partition coefficient (Wildman–Crippen LogP) is 3.08. The molecule has 1 aromatic rings. The van der Waals surface area contributed by atoms with Crippen molar-refractivity contribution in [2.24, 2.45) is 0 Å². The van der Waals surface area contributed by atoms with Gasteiger partial charge in [0.2, 0.25) is 15.9 Å². The Bertz CT molecular complexity index is 665.